The second-order valence-corrected chi connectivity index (χ2v) is 17.0. The Kier molecular flexibility index (Phi) is 9.91. The molecule has 0 aromatic heterocycles. The van der Waals surface area contributed by atoms with Crippen molar-refractivity contribution in [1.29, 1.82) is 0 Å². The van der Waals surface area contributed by atoms with Crippen molar-refractivity contribution in [3.8, 4) is 0 Å². The first-order chi connectivity index (χ1) is 14.9. The van der Waals surface area contributed by atoms with Crippen LogP contribution < -0.4 is 0 Å². The number of ether oxygens (including phenoxy) is 1. The van der Waals surface area contributed by atoms with Crippen LogP contribution in [0.5, 0.6) is 0 Å². The predicted molar refractivity (Wildman–Crippen MR) is 142 cm³/mol. The van der Waals surface area contributed by atoms with Crippen LogP contribution in [0.2, 0.25) is 18.1 Å². The molecule has 1 saturated carbocycles. The lowest BCUT2D eigenvalue weighted by molar-refractivity contribution is 0.0715. The highest BCUT2D eigenvalue weighted by Gasteiger charge is 2.44. The summed E-state index contributed by atoms with van der Waals surface area (Å²) in [4.78, 5) is 0. The summed E-state index contributed by atoms with van der Waals surface area (Å²) in [5, 5.41) is 0.216. The van der Waals surface area contributed by atoms with E-state index in [1.807, 2.05) is 0 Å². The molecule has 1 aliphatic heterocycles. The fraction of sp³-hybridized carbons (Fsp3) is 0.793. The zero-order chi connectivity index (χ0) is 24.0. The highest BCUT2D eigenvalue weighted by molar-refractivity contribution is 6.74. The smallest absolute Gasteiger partial charge is 0.193 e. The Labute approximate surface area is 201 Å². The minimum Gasteiger partial charge on any atom is -0.495 e. The van der Waals surface area contributed by atoms with Gasteiger partial charge in [0.1, 0.15) is 6.10 Å². The molecule has 3 heteroatoms. The second-order valence-electron chi connectivity index (χ2n) is 12.2. The Bertz CT molecular complexity index is 657. The van der Waals surface area contributed by atoms with Crippen LogP contribution in [-0.2, 0) is 9.16 Å². The summed E-state index contributed by atoms with van der Waals surface area (Å²) < 4.78 is 13.5. The predicted octanol–water partition coefficient (Wildman–Crippen LogP) is 9.20. The van der Waals surface area contributed by atoms with E-state index in [-0.39, 0.29) is 10.6 Å². The van der Waals surface area contributed by atoms with Gasteiger partial charge >= 0.3 is 0 Å². The van der Waals surface area contributed by atoms with Gasteiger partial charge in [0.25, 0.3) is 0 Å². The third kappa shape index (κ3) is 7.62. The summed E-state index contributed by atoms with van der Waals surface area (Å²) in [5.41, 5.74) is -0.188. The average Bonchev–Trinajstić information content (AvgIpc) is 2.96. The lowest BCUT2D eigenvalue weighted by Gasteiger charge is -2.43. The van der Waals surface area contributed by atoms with Crippen molar-refractivity contribution in [3.05, 3.63) is 36.6 Å². The molecule has 0 saturated heterocycles. The van der Waals surface area contributed by atoms with Crippen molar-refractivity contribution in [1.82, 2.24) is 0 Å². The van der Waals surface area contributed by atoms with Crippen molar-refractivity contribution in [2.75, 3.05) is 0 Å². The molecule has 0 aromatic rings. The molecule has 0 amide bonds. The topological polar surface area (TPSA) is 18.5 Å². The Morgan fingerprint density at radius 2 is 1.91 bits per heavy atom. The zero-order valence-corrected chi connectivity index (χ0v) is 23.5. The lowest BCUT2D eigenvalue weighted by atomic mass is 9.85. The van der Waals surface area contributed by atoms with Crippen LogP contribution in [0.3, 0.4) is 0 Å². The Morgan fingerprint density at radius 1 is 1.19 bits per heavy atom. The van der Waals surface area contributed by atoms with E-state index >= 15 is 0 Å². The third-order valence-corrected chi connectivity index (χ3v) is 12.8. The molecule has 2 aliphatic rings. The maximum atomic E-state index is 7.06. The summed E-state index contributed by atoms with van der Waals surface area (Å²) in [6.07, 6.45) is 20.4. The van der Waals surface area contributed by atoms with E-state index in [1.165, 1.54) is 19.3 Å². The van der Waals surface area contributed by atoms with Crippen LogP contribution in [0.25, 0.3) is 0 Å². The molecule has 184 valence electrons. The van der Waals surface area contributed by atoms with Crippen LogP contribution in [0.4, 0.5) is 0 Å². The largest absolute Gasteiger partial charge is 0.495 e. The number of unbranched alkanes of at least 4 members (excludes halogenated alkanes) is 2. The molecule has 2 rings (SSSR count). The van der Waals surface area contributed by atoms with E-state index in [9.17, 15) is 0 Å². The Balaban J connectivity index is 2.25. The summed E-state index contributed by atoms with van der Waals surface area (Å²) in [7, 11) is -1.86. The Morgan fingerprint density at radius 3 is 2.56 bits per heavy atom. The van der Waals surface area contributed by atoms with Gasteiger partial charge in [0.15, 0.2) is 8.32 Å². The maximum Gasteiger partial charge on any atom is 0.193 e. The molecule has 0 radical (unpaired) electrons. The molecule has 0 bridgehead atoms. The van der Waals surface area contributed by atoms with E-state index in [4.69, 9.17) is 9.16 Å². The fourth-order valence-corrected chi connectivity index (χ4v) is 6.79. The molecular weight excluding hydrogens is 408 g/mol. The Hall–Kier alpha value is -0.803. The number of rotatable bonds is 8. The van der Waals surface area contributed by atoms with Gasteiger partial charge in [0.05, 0.1) is 11.4 Å². The molecule has 1 heterocycles. The van der Waals surface area contributed by atoms with E-state index in [2.05, 4.69) is 85.5 Å². The molecule has 0 spiro atoms. The van der Waals surface area contributed by atoms with Crippen molar-refractivity contribution < 1.29 is 9.16 Å². The molecule has 1 aliphatic carbocycles. The van der Waals surface area contributed by atoms with E-state index in [1.54, 1.807) is 0 Å². The molecule has 0 N–H and O–H groups in total. The van der Waals surface area contributed by atoms with Crippen LogP contribution >= 0.6 is 0 Å². The zero-order valence-electron chi connectivity index (χ0n) is 22.5. The van der Waals surface area contributed by atoms with Gasteiger partial charge in [-0.15, -0.1) is 0 Å². The van der Waals surface area contributed by atoms with E-state index in [0.717, 1.165) is 44.3 Å². The van der Waals surface area contributed by atoms with Gasteiger partial charge in [-0.3, -0.25) is 0 Å². The van der Waals surface area contributed by atoms with Crippen molar-refractivity contribution in [2.24, 2.45) is 17.8 Å². The highest BCUT2D eigenvalue weighted by atomic mass is 28.4. The minimum atomic E-state index is -1.86. The quantitative estimate of drug-likeness (QED) is 0.204. The van der Waals surface area contributed by atoms with Gasteiger partial charge < -0.3 is 9.16 Å². The van der Waals surface area contributed by atoms with Crippen LogP contribution in [0.15, 0.2) is 36.6 Å². The summed E-state index contributed by atoms with van der Waals surface area (Å²) in [5.74, 6) is 2.67. The molecule has 32 heavy (non-hydrogen) atoms. The van der Waals surface area contributed by atoms with Crippen molar-refractivity contribution in [3.63, 3.8) is 0 Å². The van der Waals surface area contributed by atoms with Gasteiger partial charge in [-0.05, 0) is 69.0 Å². The number of fused-ring (bicyclic) bond motifs is 1. The summed E-state index contributed by atoms with van der Waals surface area (Å²) in [6, 6.07) is 0. The SMILES string of the molecule is C=C1CCC/C=C\C[C@@H]2[C@@H](/C=C/[C@@](C)(CCCCC)O[Si](C)(C)C(C)(C)C)[C@H](C)C[C@@H]2O1. The van der Waals surface area contributed by atoms with E-state index in [0.29, 0.717) is 23.9 Å². The normalized spacial score (nSPS) is 30.6. The first kappa shape index (κ1) is 27.4. The highest BCUT2D eigenvalue weighted by Crippen LogP contribution is 2.45. The minimum absolute atomic E-state index is 0.188. The van der Waals surface area contributed by atoms with Crippen LogP contribution in [0, 0.1) is 17.8 Å². The number of hydrogen-bond acceptors (Lipinski definition) is 2. The van der Waals surface area contributed by atoms with Gasteiger partial charge in [0, 0.05) is 12.3 Å². The first-order valence-electron chi connectivity index (χ1n) is 13.3. The van der Waals surface area contributed by atoms with Crippen molar-refractivity contribution in [2.45, 2.75) is 129 Å². The molecule has 5 atom stereocenters. The molecular formula is C29H52O2Si. The van der Waals surface area contributed by atoms with E-state index < -0.39 is 8.32 Å². The van der Waals surface area contributed by atoms with Gasteiger partial charge in [-0.25, -0.2) is 0 Å². The van der Waals surface area contributed by atoms with Crippen molar-refractivity contribution >= 4 is 8.32 Å². The molecule has 0 unspecified atom stereocenters. The molecule has 0 aromatic carbocycles. The number of allylic oxidation sites excluding steroid dienone is 4. The fourth-order valence-electron chi connectivity index (χ4n) is 5.15. The lowest BCUT2D eigenvalue weighted by Crippen LogP contribution is -2.48. The summed E-state index contributed by atoms with van der Waals surface area (Å²) in [6.45, 7) is 23.0. The summed E-state index contributed by atoms with van der Waals surface area (Å²) >= 11 is 0. The van der Waals surface area contributed by atoms with Gasteiger partial charge in [-0.2, -0.15) is 0 Å². The first-order valence-corrected chi connectivity index (χ1v) is 16.2. The number of hydrogen-bond donors (Lipinski definition) is 0. The van der Waals surface area contributed by atoms with Crippen LogP contribution in [0.1, 0.15) is 99.3 Å². The molecule has 1 fully saturated rings. The van der Waals surface area contributed by atoms with Gasteiger partial charge in [0.2, 0.25) is 0 Å². The average molecular weight is 461 g/mol. The van der Waals surface area contributed by atoms with Gasteiger partial charge in [-0.1, -0.05) is 84.8 Å². The van der Waals surface area contributed by atoms with Crippen LogP contribution in [-0.4, -0.2) is 20.0 Å². The standard InChI is InChI=1S/C29H52O2Si/c1-10-11-16-20-29(7,31-32(8,9)28(4,5)6)21-19-25-23(2)22-27-26(25)18-15-13-12-14-17-24(3)30-27/h13,15,19,21,23,25-27H,3,10-12,14,16-18,20,22H2,1-2,4-9H3/b15-13-,21-19+/t23-,25+,26-,27+,29-/m1/s1. The second kappa shape index (κ2) is 11.6. The maximum absolute atomic E-state index is 7.06. The molecule has 2 nitrogen and oxygen atoms in total. The third-order valence-electron chi connectivity index (χ3n) is 8.19. The monoisotopic (exact) mass is 460 g/mol.